The van der Waals surface area contributed by atoms with Crippen molar-refractivity contribution in [1.82, 2.24) is 14.9 Å². The molecule has 0 saturated carbocycles. The fraction of sp³-hybridized carbons (Fsp3) is 0.412. The average Bonchev–Trinajstić information content (AvgIpc) is 3.05. The number of rotatable bonds is 7. The Bertz CT molecular complexity index is 583. The number of carbonyl (C=O) groups is 1. The zero-order valence-electron chi connectivity index (χ0n) is 13.6. The largest absolute Gasteiger partial charge is 0.351 e. The van der Waals surface area contributed by atoms with Crippen LogP contribution in [0, 0.1) is 5.92 Å². The zero-order chi connectivity index (χ0) is 15.9. The molecule has 0 bridgehead atoms. The summed E-state index contributed by atoms with van der Waals surface area (Å²) < 4.78 is 2.02. The van der Waals surface area contributed by atoms with E-state index in [4.69, 9.17) is 5.73 Å². The number of nitrogens with zero attached hydrogens (tertiary/aromatic N) is 2. The number of aromatic nitrogens is 2. The molecule has 0 saturated heterocycles. The second kappa shape index (κ2) is 9.33. The third kappa shape index (κ3) is 5.69. The van der Waals surface area contributed by atoms with E-state index in [1.54, 1.807) is 12.5 Å². The summed E-state index contributed by atoms with van der Waals surface area (Å²) in [5.41, 5.74) is 8.18. The van der Waals surface area contributed by atoms with Gasteiger partial charge in [-0.25, -0.2) is 4.98 Å². The minimum Gasteiger partial charge on any atom is -0.351 e. The van der Waals surface area contributed by atoms with E-state index in [2.05, 4.69) is 22.4 Å². The minimum atomic E-state index is -0.439. The molecule has 2 atom stereocenters. The molecule has 2 rings (SSSR count). The van der Waals surface area contributed by atoms with Gasteiger partial charge in [0.2, 0.25) is 5.91 Å². The molecule has 23 heavy (non-hydrogen) atoms. The monoisotopic (exact) mass is 336 g/mol. The van der Waals surface area contributed by atoms with Crippen LogP contribution < -0.4 is 11.1 Å². The summed E-state index contributed by atoms with van der Waals surface area (Å²) in [7, 11) is 0. The average molecular weight is 337 g/mol. The lowest BCUT2D eigenvalue weighted by molar-refractivity contribution is -0.123. The normalized spacial score (nSPS) is 13.0. The molecule has 6 heteroatoms. The van der Waals surface area contributed by atoms with Crippen LogP contribution in [-0.4, -0.2) is 21.5 Å². The minimum absolute atomic E-state index is 0. The van der Waals surface area contributed by atoms with Gasteiger partial charge in [0.05, 0.1) is 12.4 Å². The third-order valence-electron chi connectivity index (χ3n) is 3.97. The van der Waals surface area contributed by atoms with Gasteiger partial charge in [0.25, 0.3) is 0 Å². The van der Waals surface area contributed by atoms with Gasteiger partial charge in [0.1, 0.15) is 0 Å². The van der Waals surface area contributed by atoms with E-state index in [-0.39, 0.29) is 24.2 Å². The van der Waals surface area contributed by atoms with E-state index in [0.29, 0.717) is 6.54 Å². The second-order valence-electron chi connectivity index (χ2n) is 5.68. The Hall–Kier alpha value is -1.85. The maximum atomic E-state index is 11.9. The van der Waals surface area contributed by atoms with Crippen LogP contribution in [0.5, 0.6) is 0 Å². The fourth-order valence-electron chi connectivity index (χ4n) is 2.17. The van der Waals surface area contributed by atoms with Crippen LogP contribution in [0.4, 0.5) is 0 Å². The Morgan fingerprint density at radius 3 is 2.52 bits per heavy atom. The molecule has 0 aliphatic carbocycles. The third-order valence-corrected chi connectivity index (χ3v) is 3.97. The van der Waals surface area contributed by atoms with Crippen LogP contribution in [0.25, 0.3) is 0 Å². The predicted molar refractivity (Wildman–Crippen MR) is 94.3 cm³/mol. The Morgan fingerprint density at radius 1 is 1.30 bits per heavy atom. The molecule has 126 valence electrons. The first kappa shape index (κ1) is 19.2. The lowest BCUT2D eigenvalue weighted by atomic mass is 9.99. The highest BCUT2D eigenvalue weighted by atomic mass is 35.5. The molecule has 1 amide bonds. The molecular formula is C17H25ClN4O. The number of hydrogen-bond donors (Lipinski definition) is 2. The SMILES string of the molecule is CCC(C)C(N)C(=O)NCc1ccc(Cn2ccnc2)cc1.Cl. The molecule has 0 radical (unpaired) electrons. The number of hydrogen-bond acceptors (Lipinski definition) is 3. The Kier molecular flexibility index (Phi) is 7.78. The van der Waals surface area contributed by atoms with Gasteiger partial charge >= 0.3 is 0 Å². The molecule has 0 aliphatic heterocycles. The highest BCUT2D eigenvalue weighted by molar-refractivity contribution is 5.85. The number of amides is 1. The molecule has 1 aromatic heterocycles. The van der Waals surface area contributed by atoms with Gasteiger partial charge in [0, 0.05) is 25.5 Å². The van der Waals surface area contributed by atoms with Crippen molar-refractivity contribution in [3.05, 3.63) is 54.1 Å². The van der Waals surface area contributed by atoms with Gasteiger partial charge in [-0.1, -0.05) is 44.5 Å². The molecule has 2 unspecified atom stereocenters. The quantitative estimate of drug-likeness (QED) is 0.815. The predicted octanol–water partition coefficient (Wildman–Crippen LogP) is 2.34. The van der Waals surface area contributed by atoms with Crippen molar-refractivity contribution in [2.24, 2.45) is 11.7 Å². The van der Waals surface area contributed by atoms with Crippen LogP contribution in [0.1, 0.15) is 31.4 Å². The van der Waals surface area contributed by atoms with E-state index in [0.717, 1.165) is 18.5 Å². The molecule has 3 N–H and O–H groups in total. The molecule has 0 spiro atoms. The van der Waals surface area contributed by atoms with Crippen LogP contribution in [-0.2, 0) is 17.9 Å². The summed E-state index contributed by atoms with van der Waals surface area (Å²) in [4.78, 5) is 16.0. The summed E-state index contributed by atoms with van der Waals surface area (Å²) in [5, 5.41) is 2.90. The lowest BCUT2D eigenvalue weighted by Crippen LogP contribution is -2.44. The standard InChI is InChI=1S/C17H24N4O.ClH/c1-3-13(2)16(18)17(22)20-10-14-4-6-15(7-5-14)11-21-9-8-19-12-21;/h4-9,12-13,16H,3,10-11,18H2,1-2H3,(H,20,22);1H. The highest BCUT2D eigenvalue weighted by Crippen LogP contribution is 2.08. The van der Waals surface area contributed by atoms with Crippen LogP contribution >= 0.6 is 12.4 Å². The van der Waals surface area contributed by atoms with Crippen molar-refractivity contribution < 1.29 is 4.79 Å². The van der Waals surface area contributed by atoms with Crippen LogP contribution in [0.3, 0.4) is 0 Å². The maximum Gasteiger partial charge on any atom is 0.237 e. The highest BCUT2D eigenvalue weighted by Gasteiger charge is 2.18. The Morgan fingerprint density at radius 2 is 1.96 bits per heavy atom. The van der Waals surface area contributed by atoms with Gasteiger partial charge < -0.3 is 15.6 Å². The molecule has 1 heterocycles. The topological polar surface area (TPSA) is 72.9 Å². The summed E-state index contributed by atoms with van der Waals surface area (Å²) in [6, 6.07) is 7.75. The smallest absolute Gasteiger partial charge is 0.237 e. The summed E-state index contributed by atoms with van der Waals surface area (Å²) in [5.74, 6) is 0.106. The summed E-state index contributed by atoms with van der Waals surface area (Å²) in [6.45, 7) is 5.34. The van der Waals surface area contributed by atoms with E-state index in [1.165, 1.54) is 5.56 Å². The number of carbonyl (C=O) groups excluding carboxylic acids is 1. The molecule has 0 fully saturated rings. The fourth-order valence-corrected chi connectivity index (χ4v) is 2.17. The second-order valence-corrected chi connectivity index (χ2v) is 5.68. The van der Waals surface area contributed by atoms with Crippen molar-refractivity contribution in [3.8, 4) is 0 Å². The van der Waals surface area contributed by atoms with Crippen molar-refractivity contribution in [1.29, 1.82) is 0 Å². The molecule has 5 nitrogen and oxygen atoms in total. The van der Waals surface area contributed by atoms with Crippen LogP contribution in [0.2, 0.25) is 0 Å². The molecule has 2 aromatic rings. The number of imidazole rings is 1. The lowest BCUT2D eigenvalue weighted by Gasteiger charge is -2.17. The van der Waals surface area contributed by atoms with Crippen molar-refractivity contribution in [3.63, 3.8) is 0 Å². The number of nitrogens with two attached hydrogens (primary N) is 1. The van der Waals surface area contributed by atoms with Crippen molar-refractivity contribution >= 4 is 18.3 Å². The van der Waals surface area contributed by atoms with Crippen LogP contribution in [0.15, 0.2) is 43.0 Å². The maximum absolute atomic E-state index is 11.9. The van der Waals surface area contributed by atoms with Gasteiger partial charge in [-0.05, 0) is 17.0 Å². The van der Waals surface area contributed by atoms with E-state index in [1.807, 2.05) is 36.7 Å². The van der Waals surface area contributed by atoms with Crippen molar-refractivity contribution in [2.45, 2.75) is 39.4 Å². The first-order valence-electron chi connectivity index (χ1n) is 7.67. The zero-order valence-corrected chi connectivity index (χ0v) is 14.4. The summed E-state index contributed by atoms with van der Waals surface area (Å²) >= 11 is 0. The van der Waals surface area contributed by atoms with Gasteiger partial charge in [-0.2, -0.15) is 0 Å². The number of halogens is 1. The van der Waals surface area contributed by atoms with E-state index in [9.17, 15) is 4.79 Å². The van der Waals surface area contributed by atoms with Gasteiger partial charge in [0.15, 0.2) is 0 Å². The number of nitrogens with one attached hydrogen (secondary N) is 1. The van der Waals surface area contributed by atoms with E-state index < -0.39 is 6.04 Å². The molecule has 0 aliphatic rings. The molecular weight excluding hydrogens is 312 g/mol. The van der Waals surface area contributed by atoms with Crippen molar-refractivity contribution in [2.75, 3.05) is 0 Å². The Balaban J connectivity index is 0.00000264. The number of benzene rings is 1. The van der Waals surface area contributed by atoms with Gasteiger partial charge in [-0.3, -0.25) is 4.79 Å². The molecule has 1 aromatic carbocycles. The van der Waals surface area contributed by atoms with E-state index >= 15 is 0 Å². The Labute approximate surface area is 143 Å². The van der Waals surface area contributed by atoms with Gasteiger partial charge in [-0.15, -0.1) is 12.4 Å². The summed E-state index contributed by atoms with van der Waals surface area (Å²) in [6.07, 6.45) is 6.40. The first-order chi connectivity index (χ1) is 10.6. The first-order valence-corrected chi connectivity index (χ1v) is 7.67.